The van der Waals surface area contributed by atoms with E-state index in [9.17, 15) is 10.2 Å². The number of aromatic nitrogens is 1. The number of phenols is 1. The number of hydrogen-bond donors (Lipinski definition) is 5. The Morgan fingerprint density at radius 2 is 1.84 bits per heavy atom. The van der Waals surface area contributed by atoms with Crippen molar-refractivity contribution >= 4 is 16.6 Å². The molecule has 9 heteroatoms. The normalized spacial score (nSPS) is 24.6. The van der Waals surface area contributed by atoms with Crippen molar-refractivity contribution in [3.05, 3.63) is 112 Å². The third-order valence-corrected chi connectivity index (χ3v) is 12.0. The molecule has 4 aliphatic rings. The molecule has 5 heterocycles. The third-order valence-electron chi connectivity index (χ3n) is 12.0. The zero-order valence-electron chi connectivity index (χ0n) is 32.1. The van der Waals surface area contributed by atoms with Crippen LogP contribution in [0.15, 0.2) is 89.8 Å². The Hall–Kier alpha value is -4.56. The van der Waals surface area contributed by atoms with Crippen molar-refractivity contribution in [1.82, 2.24) is 15.2 Å². The summed E-state index contributed by atoms with van der Waals surface area (Å²) in [6.07, 6.45) is 9.42. The average molecular weight is 743 g/mol. The number of nitrogens with one attached hydrogen (secondary N) is 2. The first-order valence-corrected chi connectivity index (χ1v) is 20.0. The molecule has 0 radical (unpaired) electrons. The monoisotopic (exact) mass is 742 g/mol. The van der Waals surface area contributed by atoms with E-state index in [-0.39, 0.29) is 29.8 Å². The molecule has 0 saturated carbocycles. The summed E-state index contributed by atoms with van der Waals surface area (Å²) in [6, 6.07) is 20.9. The molecule has 0 amide bonds. The summed E-state index contributed by atoms with van der Waals surface area (Å²) in [5, 5.41) is 31.4. The minimum Gasteiger partial charge on any atom is -0.504 e. The minimum atomic E-state index is -0.549. The molecule has 9 nitrogen and oxygen atoms in total. The Kier molecular flexibility index (Phi) is 11.1. The Bertz CT molecular complexity index is 2140. The summed E-state index contributed by atoms with van der Waals surface area (Å²) in [5.41, 5.74) is 14.1. The summed E-state index contributed by atoms with van der Waals surface area (Å²) in [7, 11) is 1.93. The molecule has 1 fully saturated rings. The molecule has 4 atom stereocenters. The number of nitrogens with zero attached hydrogens (tertiary/aromatic N) is 1. The van der Waals surface area contributed by atoms with E-state index < -0.39 is 12.3 Å². The predicted octanol–water partition coefficient (Wildman–Crippen LogP) is 6.50. The third kappa shape index (κ3) is 7.80. The number of rotatable bonds is 4. The van der Waals surface area contributed by atoms with Crippen LogP contribution in [-0.4, -0.2) is 66.6 Å². The first-order chi connectivity index (χ1) is 26.8. The molecule has 6 bridgehead atoms. The number of aliphatic hydroxyl groups excluding tert-OH is 1. The molecule has 6 N–H and O–H groups in total. The van der Waals surface area contributed by atoms with Crippen LogP contribution in [0, 0.1) is 17.8 Å². The first kappa shape index (κ1) is 37.4. The van der Waals surface area contributed by atoms with E-state index in [1.165, 1.54) is 11.1 Å². The molecule has 1 aromatic heterocycles. The number of dihydropyridines is 1. The molecule has 1 saturated heterocycles. The number of ether oxygens (including phenoxy) is 3. The number of hydrogen-bond acceptors (Lipinski definition) is 8. The maximum absolute atomic E-state index is 11.3. The van der Waals surface area contributed by atoms with Gasteiger partial charge in [0.15, 0.2) is 11.5 Å². The number of fused-ring (bicyclic) bond motifs is 6. The lowest BCUT2D eigenvalue weighted by Crippen LogP contribution is -2.46. The number of benzene rings is 3. The van der Waals surface area contributed by atoms with Crippen molar-refractivity contribution in [3.63, 3.8) is 0 Å². The zero-order chi connectivity index (χ0) is 37.9. The summed E-state index contributed by atoms with van der Waals surface area (Å²) in [6.45, 7) is 4.71. The SMILES string of the molecule is CNCC1=C2C#C[C@H](C)CCC[C@H]3C[C@H](O)CCc4ccc(O)c(c4)OCc4cc(C5(c6ccccc6)CCOCC5)cc5cn(cc45)C(=C2CO3)NC1N. The summed E-state index contributed by atoms with van der Waals surface area (Å²) in [5.74, 6) is 8.71. The van der Waals surface area contributed by atoms with Crippen LogP contribution in [0.5, 0.6) is 11.5 Å². The van der Waals surface area contributed by atoms with E-state index in [0.29, 0.717) is 51.4 Å². The fraction of sp³-hybridized carbons (Fsp3) is 0.435. The van der Waals surface area contributed by atoms with E-state index in [2.05, 4.69) is 88.8 Å². The van der Waals surface area contributed by atoms with Crippen LogP contribution in [0.25, 0.3) is 16.6 Å². The van der Waals surface area contributed by atoms with Gasteiger partial charge in [0.1, 0.15) is 18.6 Å². The van der Waals surface area contributed by atoms with Gasteiger partial charge in [0.2, 0.25) is 0 Å². The summed E-state index contributed by atoms with van der Waals surface area (Å²) >= 11 is 0. The number of aromatic hydroxyl groups is 1. The molecular formula is C46H54N4O5. The highest BCUT2D eigenvalue weighted by molar-refractivity contribution is 5.88. The molecule has 288 valence electrons. The van der Waals surface area contributed by atoms with Gasteiger partial charge in [0, 0.05) is 65.4 Å². The summed E-state index contributed by atoms with van der Waals surface area (Å²) < 4.78 is 21.4. The van der Waals surface area contributed by atoms with Crippen molar-refractivity contribution in [2.75, 3.05) is 33.4 Å². The quantitative estimate of drug-likeness (QED) is 0.150. The molecular weight excluding hydrogens is 689 g/mol. The molecule has 1 unspecified atom stereocenters. The molecule has 3 aromatic carbocycles. The molecule has 55 heavy (non-hydrogen) atoms. The first-order valence-electron chi connectivity index (χ1n) is 20.0. The highest BCUT2D eigenvalue weighted by Crippen LogP contribution is 2.44. The fourth-order valence-corrected chi connectivity index (χ4v) is 8.91. The fourth-order valence-electron chi connectivity index (χ4n) is 8.91. The smallest absolute Gasteiger partial charge is 0.161 e. The van der Waals surface area contributed by atoms with Crippen LogP contribution in [0.1, 0.15) is 74.1 Å². The number of aryl methyl sites for hydroxylation is 1. The number of nitrogens with two attached hydrogens (primary N) is 1. The van der Waals surface area contributed by atoms with E-state index in [0.717, 1.165) is 76.5 Å². The van der Waals surface area contributed by atoms with Gasteiger partial charge in [-0.3, -0.25) is 0 Å². The number of likely N-dealkylation sites (N-methyl/N-ethyl adjacent to an activating group) is 1. The van der Waals surface area contributed by atoms with Crippen molar-refractivity contribution in [1.29, 1.82) is 0 Å². The Balaban J connectivity index is 1.34. The Labute approximate surface area is 324 Å². The largest absolute Gasteiger partial charge is 0.504 e. The topological polar surface area (TPSA) is 123 Å². The van der Waals surface area contributed by atoms with Crippen LogP contribution >= 0.6 is 0 Å². The van der Waals surface area contributed by atoms with E-state index in [1.807, 2.05) is 19.2 Å². The number of phenolic OH excluding ortho intramolecular Hbond substituents is 1. The molecule has 4 aromatic rings. The van der Waals surface area contributed by atoms with Crippen molar-refractivity contribution < 1.29 is 24.4 Å². The Morgan fingerprint density at radius 1 is 1.00 bits per heavy atom. The Morgan fingerprint density at radius 3 is 2.65 bits per heavy atom. The van der Waals surface area contributed by atoms with Crippen LogP contribution in [0.3, 0.4) is 0 Å². The summed E-state index contributed by atoms with van der Waals surface area (Å²) in [4.78, 5) is 0. The van der Waals surface area contributed by atoms with Gasteiger partial charge in [-0.1, -0.05) is 61.2 Å². The highest BCUT2D eigenvalue weighted by Gasteiger charge is 2.37. The standard InChI is InChI=1S/C46H54N4O5/c1-30-7-6-10-37-24-36(51)14-12-31-13-16-42(52)43(21-31)55-28-33-23-35(46(17-19-53-20-18-46)34-8-4-3-5-9-34)22-32-26-50(27-40(32)33)45-41(29-54-37)38(15-11-30)39(25-48-2)44(47)49-45/h3-5,8-9,13,16,21-23,26-27,30,36-37,44,48-49,51-52H,6-7,10,12,14,17-20,24-25,28-29,47H2,1-2H3/t30-,36-,37+,44?/m1/s1. The van der Waals surface area contributed by atoms with Gasteiger partial charge in [-0.05, 0) is 104 Å². The van der Waals surface area contributed by atoms with Crippen molar-refractivity contribution in [2.45, 2.75) is 88.7 Å². The number of aliphatic hydroxyl groups is 1. The van der Waals surface area contributed by atoms with Gasteiger partial charge >= 0.3 is 0 Å². The van der Waals surface area contributed by atoms with E-state index in [1.54, 1.807) is 6.07 Å². The van der Waals surface area contributed by atoms with E-state index in [4.69, 9.17) is 19.9 Å². The zero-order valence-corrected chi connectivity index (χ0v) is 32.1. The van der Waals surface area contributed by atoms with Gasteiger partial charge in [0.25, 0.3) is 0 Å². The van der Waals surface area contributed by atoms with Gasteiger partial charge < -0.3 is 45.4 Å². The van der Waals surface area contributed by atoms with Gasteiger partial charge in [-0.2, -0.15) is 0 Å². The second-order valence-corrected chi connectivity index (χ2v) is 15.8. The maximum Gasteiger partial charge on any atom is 0.161 e. The predicted molar refractivity (Wildman–Crippen MR) is 216 cm³/mol. The van der Waals surface area contributed by atoms with Crippen molar-refractivity contribution in [2.24, 2.45) is 11.7 Å². The molecule has 8 rings (SSSR count). The molecule has 4 aliphatic heterocycles. The highest BCUT2D eigenvalue weighted by atomic mass is 16.5. The maximum atomic E-state index is 11.3. The van der Waals surface area contributed by atoms with Gasteiger partial charge in [-0.25, -0.2) is 0 Å². The van der Waals surface area contributed by atoms with Crippen LogP contribution in [0.2, 0.25) is 0 Å². The second kappa shape index (κ2) is 16.3. The van der Waals surface area contributed by atoms with Crippen molar-refractivity contribution in [3.8, 4) is 23.3 Å². The average Bonchev–Trinajstić information content (AvgIpc) is 3.63. The van der Waals surface area contributed by atoms with Gasteiger partial charge in [-0.15, -0.1) is 0 Å². The molecule has 0 aliphatic carbocycles. The van der Waals surface area contributed by atoms with Crippen LogP contribution < -0.4 is 21.1 Å². The molecule has 0 spiro atoms. The lowest BCUT2D eigenvalue weighted by Gasteiger charge is -2.39. The van der Waals surface area contributed by atoms with Crippen LogP contribution in [0.4, 0.5) is 0 Å². The van der Waals surface area contributed by atoms with Crippen LogP contribution in [-0.2, 0) is 27.9 Å². The second-order valence-electron chi connectivity index (χ2n) is 15.8. The lowest BCUT2D eigenvalue weighted by atomic mass is 9.68. The van der Waals surface area contributed by atoms with E-state index >= 15 is 0 Å². The van der Waals surface area contributed by atoms with Gasteiger partial charge in [0.05, 0.1) is 18.8 Å². The minimum absolute atomic E-state index is 0.0926. The lowest BCUT2D eigenvalue weighted by molar-refractivity contribution is 0.0167.